The Bertz CT molecular complexity index is 391. The molecule has 11 heteroatoms. The van der Waals surface area contributed by atoms with Gasteiger partial charge in [-0.15, -0.1) is 0 Å². The van der Waals surface area contributed by atoms with E-state index < -0.39 is 19.5 Å². The Hall–Kier alpha value is 1.48. The zero-order valence-electron chi connectivity index (χ0n) is 18.4. The number of hydrogen-bond acceptors (Lipinski definition) is 2. The Morgan fingerprint density at radius 1 is 0.581 bits per heavy atom. The summed E-state index contributed by atoms with van der Waals surface area (Å²) in [5.74, 6) is -2.92. The second-order valence-electron chi connectivity index (χ2n) is 6.89. The number of hydrogen-bond donors (Lipinski definition) is 2. The number of rotatable bonds is 14. The van der Waals surface area contributed by atoms with Crippen LogP contribution in [0.1, 0.15) is 90.9 Å². The standard InChI is InChI=1S/2C8H17.2C2HCl3O2.Sn/c2*1-3-5-7-8-6-4-2;2*3-2(4,5)1(6)7;/h2*1,3-8H2,2H3;2*(H,6,7);. The zero-order valence-corrected chi connectivity index (χ0v) is 25.8. The molecule has 2 radical (unpaired) electrons. The second-order valence-corrected chi connectivity index (χ2v) is 15.7. The number of aliphatic carboxylic acids is 2. The fourth-order valence-corrected chi connectivity index (χ4v) is 5.75. The predicted octanol–water partition coefficient (Wildman–Crippen LogP) is 9.13. The summed E-state index contributed by atoms with van der Waals surface area (Å²) in [4.78, 5) is 19.2. The molecule has 0 saturated carbocycles. The summed E-state index contributed by atoms with van der Waals surface area (Å²) in [6.07, 6.45) is 17.8. The normalized spacial score (nSPS) is 11.1. The second kappa shape index (κ2) is 24.6. The van der Waals surface area contributed by atoms with E-state index in [1.54, 1.807) is 21.7 Å². The Morgan fingerprint density at radius 2 is 0.806 bits per heavy atom. The van der Waals surface area contributed by atoms with Gasteiger partial charge in [-0.2, -0.15) is 0 Å². The molecule has 0 aromatic rings. The van der Waals surface area contributed by atoms with E-state index >= 15 is 0 Å². The molecule has 0 aliphatic heterocycles. The third kappa shape index (κ3) is 36.2. The maximum atomic E-state index is 9.62. The third-order valence-corrected chi connectivity index (χ3v) is 8.91. The van der Waals surface area contributed by atoms with Gasteiger partial charge in [-0.05, 0) is 0 Å². The average molecular weight is 672 g/mol. The number of carboxylic acid groups (broad SMARTS) is 2. The summed E-state index contributed by atoms with van der Waals surface area (Å²) in [6, 6.07) is 0. The SMILES string of the molecule is CCCCCCC[CH2][Sn][CH2]CCCCCCC.O=C(O)C(Cl)(Cl)Cl.O=C(O)C(Cl)(Cl)Cl. The molecule has 0 saturated heterocycles. The molecule has 0 bridgehead atoms. The molecule has 4 nitrogen and oxygen atoms in total. The molecule has 0 atom stereocenters. The summed E-state index contributed by atoms with van der Waals surface area (Å²) in [7, 11) is 0. The number of carbonyl (C=O) groups is 2. The van der Waals surface area contributed by atoms with Crippen LogP contribution in [0.5, 0.6) is 0 Å². The monoisotopic (exact) mass is 670 g/mol. The minimum Gasteiger partial charge on any atom is -0.478 e. The van der Waals surface area contributed by atoms with Gasteiger partial charge in [0.1, 0.15) is 0 Å². The average Bonchev–Trinajstić information content (AvgIpc) is 2.65. The molecule has 0 fully saturated rings. The van der Waals surface area contributed by atoms with E-state index in [1.807, 2.05) is 0 Å². The van der Waals surface area contributed by atoms with Crippen LogP contribution in [0.3, 0.4) is 0 Å². The number of halogens is 6. The third-order valence-electron chi connectivity index (χ3n) is 3.90. The van der Waals surface area contributed by atoms with Crippen LogP contribution in [0.25, 0.3) is 0 Å². The molecule has 0 aliphatic rings. The van der Waals surface area contributed by atoms with Crippen LogP contribution in [0.4, 0.5) is 0 Å². The van der Waals surface area contributed by atoms with Crippen molar-refractivity contribution in [2.24, 2.45) is 0 Å². The summed E-state index contributed by atoms with van der Waals surface area (Å²) in [5.41, 5.74) is 0. The molecule has 0 unspecified atom stereocenters. The molecule has 31 heavy (non-hydrogen) atoms. The van der Waals surface area contributed by atoms with Crippen LogP contribution in [0, 0.1) is 0 Å². The van der Waals surface area contributed by atoms with E-state index in [2.05, 4.69) is 13.8 Å². The van der Waals surface area contributed by atoms with Crippen LogP contribution in [-0.4, -0.2) is 50.9 Å². The number of alkyl halides is 6. The van der Waals surface area contributed by atoms with E-state index in [1.165, 1.54) is 64.2 Å². The minimum absolute atomic E-state index is 0.0736. The van der Waals surface area contributed by atoms with Gasteiger partial charge in [0.2, 0.25) is 0 Å². The van der Waals surface area contributed by atoms with Crippen molar-refractivity contribution in [2.75, 3.05) is 0 Å². The fourth-order valence-electron chi connectivity index (χ4n) is 2.19. The van der Waals surface area contributed by atoms with Gasteiger partial charge < -0.3 is 10.2 Å². The van der Waals surface area contributed by atoms with Gasteiger partial charge >= 0.3 is 133 Å². The van der Waals surface area contributed by atoms with Crippen LogP contribution in [0.15, 0.2) is 0 Å². The van der Waals surface area contributed by atoms with Crippen molar-refractivity contribution in [3.05, 3.63) is 0 Å². The van der Waals surface area contributed by atoms with Crippen molar-refractivity contribution in [3.63, 3.8) is 0 Å². The van der Waals surface area contributed by atoms with Gasteiger partial charge in [0.25, 0.3) is 7.59 Å². The number of carboxylic acids is 2. The van der Waals surface area contributed by atoms with Gasteiger partial charge in [0.05, 0.1) is 0 Å². The summed E-state index contributed by atoms with van der Waals surface area (Å²) >= 11 is 28.9. The van der Waals surface area contributed by atoms with Crippen LogP contribution < -0.4 is 0 Å². The summed E-state index contributed by atoms with van der Waals surface area (Å²) in [6.45, 7) is 4.60. The Morgan fingerprint density at radius 3 is 1.03 bits per heavy atom. The van der Waals surface area contributed by atoms with E-state index in [0.29, 0.717) is 0 Å². The van der Waals surface area contributed by atoms with E-state index in [-0.39, 0.29) is 21.1 Å². The van der Waals surface area contributed by atoms with E-state index in [4.69, 9.17) is 79.8 Å². The van der Waals surface area contributed by atoms with Gasteiger partial charge in [0.15, 0.2) is 0 Å². The molecule has 0 aromatic carbocycles. The Kier molecular flexibility index (Phi) is 29.4. The quantitative estimate of drug-likeness (QED) is 0.110. The molecular formula is C20H36Cl6O4Sn. The molecule has 0 heterocycles. The van der Waals surface area contributed by atoms with Crippen molar-refractivity contribution in [1.82, 2.24) is 0 Å². The topological polar surface area (TPSA) is 74.6 Å². The largest absolute Gasteiger partial charge is 0.478 e. The smallest absolute Gasteiger partial charge is 0.356 e. The molecule has 0 spiro atoms. The molecular weight excluding hydrogens is 636 g/mol. The molecule has 0 amide bonds. The molecule has 0 rings (SSSR count). The van der Waals surface area contributed by atoms with Crippen molar-refractivity contribution in [1.29, 1.82) is 0 Å². The molecule has 0 aromatic heterocycles. The summed E-state index contributed by atoms with van der Waals surface area (Å²) < 4.78 is -1.02. The van der Waals surface area contributed by atoms with Gasteiger partial charge in [0, 0.05) is 0 Å². The molecule has 0 aliphatic carbocycles. The van der Waals surface area contributed by atoms with Gasteiger partial charge in [-0.25, -0.2) is 9.59 Å². The van der Waals surface area contributed by atoms with Gasteiger partial charge in [-0.1, -0.05) is 69.6 Å². The van der Waals surface area contributed by atoms with Crippen LogP contribution in [-0.2, 0) is 9.59 Å². The van der Waals surface area contributed by atoms with Crippen molar-refractivity contribution in [2.45, 2.75) is 107 Å². The summed E-state index contributed by atoms with van der Waals surface area (Å²) in [5, 5.41) is 15.7. The van der Waals surface area contributed by atoms with Crippen LogP contribution in [0.2, 0.25) is 8.87 Å². The van der Waals surface area contributed by atoms with Gasteiger partial charge in [-0.3, -0.25) is 0 Å². The predicted molar refractivity (Wildman–Crippen MR) is 138 cm³/mol. The maximum absolute atomic E-state index is 9.62. The minimum atomic E-state index is -2.17. The molecule has 2 N–H and O–H groups in total. The first-order valence-corrected chi connectivity index (χ1v) is 16.9. The maximum Gasteiger partial charge on any atom is 0.356 e. The van der Waals surface area contributed by atoms with Crippen LogP contribution >= 0.6 is 69.6 Å². The first-order valence-electron chi connectivity index (χ1n) is 10.6. The first-order chi connectivity index (χ1) is 14.3. The van der Waals surface area contributed by atoms with Crippen molar-refractivity contribution >= 4 is 103 Å². The molecule has 186 valence electrons. The Balaban J connectivity index is -0.000000460. The Labute approximate surface area is 228 Å². The first kappa shape index (κ1) is 37.0. The van der Waals surface area contributed by atoms with Crippen molar-refractivity contribution in [3.8, 4) is 0 Å². The van der Waals surface area contributed by atoms with E-state index in [9.17, 15) is 9.59 Å². The fraction of sp³-hybridized carbons (Fsp3) is 0.900. The number of unbranched alkanes of at least 4 members (excludes halogenated alkanes) is 10. The zero-order chi connectivity index (χ0) is 24.8. The van der Waals surface area contributed by atoms with E-state index in [0.717, 1.165) is 0 Å². The van der Waals surface area contributed by atoms with Crippen molar-refractivity contribution < 1.29 is 19.8 Å².